The number of hydrogen-bond donors (Lipinski definition) is 15. The number of fused-ring (bicyclic) bond motifs is 1. The van der Waals surface area contributed by atoms with Gasteiger partial charge >= 0.3 is 0 Å². The first-order chi connectivity index (χ1) is 43.5. The van der Waals surface area contributed by atoms with Gasteiger partial charge in [-0.1, -0.05) is 112 Å². The van der Waals surface area contributed by atoms with E-state index >= 15 is 0 Å². The van der Waals surface area contributed by atoms with Crippen molar-refractivity contribution in [3.05, 3.63) is 150 Å². The predicted molar refractivity (Wildman–Crippen MR) is 336 cm³/mol. The van der Waals surface area contributed by atoms with Gasteiger partial charge in [-0.05, 0) is 79.1 Å². The van der Waals surface area contributed by atoms with Crippen LogP contribution in [0.4, 0.5) is 5.69 Å². The van der Waals surface area contributed by atoms with Crippen molar-refractivity contribution in [3.8, 4) is 5.75 Å². The Morgan fingerprint density at radius 3 is 1.89 bits per heavy atom. The molecule has 0 aliphatic rings. The highest BCUT2D eigenvalue weighted by atomic mass is 16.3. The van der Waals surface area contributed by atoms with Crippen LogP contribution in [0.1, 0.15) is 88.6 Å². The summed E-state index contributed by atoms with van der Waals surface area (Å²) in [5.74, 6) is -2.12. The summed E-state index contributed by atoms with van der Waals surface area (Å²) in [7, 11) is 0. The fourth-order valence-corrected chi connectivity index (χ4v) is 9.70. The van der Waals surface area contributed by atoms with E-state index in [-0.39, 0.29) is 50.7 Å². The molecule has 4 aromatic carbocycles. The first kappa shape index (κ1) is 69.6. The van der Waals surface area contributed by atoms with E-state index in [0.29, 0.717) is 39.9 Å². The number of para-hydroxylation sites is 2. The highest BCUT2D eigenvalue weighted by Crippen LogP contribution is 2.20. The zero-order chi connectivity index (χ0) is 66.1. The van der Waals surface area contributed by atoms with Gasteiger partial charge in [-0.25, -0.2) is 4.98 Å². The normalized spacial score (nSPS) is 14.4. The number of nitrogens with two attached hydrogens (primary N) is 4. The average Bonchev–Trinajstić information content (AvgIpc) is 2.10. The van der Waals surface area contributed by atoms with Crippen LogP contribution in [0.25, 0.3) is 10.9 Å². The van der Waals surface area contributed by atoms with Gasteiger partial charge in [0.15, 0.2) is 6.04 Å². The minimum absolute atomic E-state index is 0.00518. The number of H-pyrrole nitrogens is 2. The molecule has 6 aromatic rings. The number of primary amides is 2. The molecule has 91 heavy (non-hydrogen) atoms. The Balaban J connectivity index is 1.21. The van der Waals surface area contributed by atoms with E-state index in [1.807, 2.05) is 13.0 Å². The number of anilines is 1. The molecule has 0 saturated carbocycles. The van der Waals surface area contributed by atoms with Crippen molar-refractivity contribution in [1.29, 1.82) is 0 Å². The monoisotopic (exact) mass is 1250 g/mol. The highest BCUT2D eigenvalue weighted by molar-refractivity contribution is 6.01. The van der Waals surface area contributed by atoms with Crippen molar-refractivity contribution in [3.63, 3.8) is 0 Å². The van der Waals surface area contributed by atoms with E-state index in [0.717, 1.165) is 16.7 Å². The van der Waals surface area contributed by atoms with E-state index in [4.69, 9.17) is 23.0 Å². The molecule has 28 heteroatoms. The summed E-state index contributed by atoms with van der Waals surface area (Å²) in [4.78, 5) is 149. The molecule has 10 amide bonds. The van der Waals surface area contributed by atoms with Gasteiger partial charge in [0.2, 0.25) is 53.2 Å². The maximum Gasteiger partial charge on any atom is 0.288 e. The molecule has 28 nitrogen and oxygen atoms in total. The number of rotatable bonds is 35. The second kappa shape index (κ2) is 34.3. The van der Waals surface area contributed by atoms with Gasteiger partial charge in [0, 0.05) is 63.9 Å². The number of azo groups is 1. The number of hydrazine groups is 1. The Labute approximate surface area is 525 Å². The van der Waals surface area contributed by atoms with Crippen molar-refractivity contribution >= 4 is 75.7 Å². The number of carbonyl (C=O) groups is 10. The summed E-state index contributed by atoms with van der Waals surface area (Å²) >= 11 is 0. The van der Waals surface area contributed by atoms with E-state index in [2.05, 4.69) is 62.6 Å². The van der Waals surface area contributed by atoms with Crippen molar-refractivity contribution < 1.29 is 57.9 Å². The first-order valence-electron chi connectivity index (χ1n) is 29.9. The first-order valence-corrected chi connectivity index (χ1v) is 29.9. The zero-order valence-corrected chi connectivity index (χ0v) is 51.1. The number of aromatic nitrogens is 3. The largest absolute Gasteiger partial charge is 0.508 e. The number of amides is 10. The SMILES string of the molecule is CCCC[C@H](NC(=O)[C@H](Cc1ccccc1)N=[N+](N)[C@H](Cc1cnc[nH]1)NC(=O)C[C@@H](NC(=O)[C@@H](NC(=O)[C@H](C)NC(=O)[C@H](Cc1c[nH]c2ccccc12)NC(=O)[C@H](CCC(N)=O)NC(=O)[C@H](N)Cc1ccc(O)cc1)C(C)C)C(=O)Nc1ccccc1)C(N)=O. The third kappa shape index (κ3) is 21.9. The molecule has 484 valence electrons. The topological polar surface area (TPSA) is 451 Å². The Morgan fingerprint density at radius 2 is 1.24 bits per heavy atom. The number of imidazole rings is 1. The Hall–Kier alpha value is -10.5. The lowest BCUT2D eigenvalue weighted by molar-refractivity contribution is -0.645. The number of benzene rings is 4. The molecule has 0 aliphatic heterocycles. The molecule has 6 rings (SSSR count). The standard InChI is InChI=1S/C63H81N17O11/c1-5-6-20-47(56(66)84)73-62(90)51(29-38-15-9-7-10-16-38)79-80(67)53(31-42-34-68-35-70-42)77-54(83)32-50(61(89)72-41-17-11-8-12-18-41)76-63(91)55(36(2)3)78-57(85)37(4)71-60(88)49(30-40-33-69-46-21-14-13-19-44(40)46)75-59(87)48(26-27-52(65)82)74-58(86)45(64)28-39-22-24-43(81)25-23-39/h7-19,21-25,33-37,45,47-51,53,55,69H,5-6,20,26-32,64H2,1-4H3,(H15-,65,66,67,68,70,71,72,73,74,75,76,77,78,79,81,82,83,84,85,86,87,88,89,90,91)/p+1/t37-,45+,47-,48-,49-,50+,51-,53+,55-/m0/s1. The van der Waals surface area contributed by atoms with Crippen LogP contribution >= 0.6 is 0 Å². The number of unbranched alkanes of at least 4 members (excludes halogenated alkanes) is 1. The maximum absolute atomic E-state index is 14.5. The number of aromatic amines is 2. The molecule has 0 aliphatic carbocycles. The second-order valence-electron chi connectivity index (χ2n) is 22.4. The summed E-state index contributed by atoms with van der Waals surface area (Å²) in [5.41, 5.74) is 20.8. The molecule has 0 bridgehead atoms. The maximum atomic E-state index is 14.5. The Bertz CT molecular complexity index is 3470. The number of phenolic OH excluding ortho intramolecular Hbond substituents is 1. The van der Waals surface area contributed by atoms with Gasteiger partial charge in [-0.15, -0.1) is 0 Å². The summed E-state index contributed by atoms with van der Waals surface area (Å²) in [6, 6.07) is 19.6. The number of nitrogens with one attached hydrogen (secondary N) is 10. The molecule has 19 N–H and O–H groups in total. The summed E-state index contributed by atoms with van der Waals surface area (Å²) in [6.45, 7) is 6.50. The van der Waals surface area contributed by atoms with Gasteiger partial charge in [0.05, 0.1) is 25.2 Å². The van der Waals surface area contributed by atoms with Crippen LogP contribution in [0, 0.1) is 5.92 Å². The number of aromatic hydroxyl groups is 1. The van der Waals surface area contributed by atoms with Crippen LogP contribution in [0.5, 0.6) is 5.75 Å². The van der Waals surface area contributed by atoms with Crippen LogP contribution in [0.3, 0.4) is 0 Å². The average molecular weight is 1250 g/mol. The minimum atomic E-state index is -1.62. The fourth-order valence-electron chi connectivity index (χ4n) is 9.70. The van der Waals surface area contributed by atoms with E-state index in [1.54, 1.807) is 111 Å². The number of carbonyl (C=O) groups excluding carboxylic acids is 10. The fraction of sp³-hybridized carbons (Fsp3) is 0.381. The van der Waals surface area contributed by atoms with Crippen molar-refractivity contribution in [2.45, 2.75) is 146 Å². The van der Waals surface area contributed by atoms with Crippen LogP contribution in [0.15, 0.2) is 133 Å². The minimum Gasteiger partial charge on any atom is -0.508 e. The quantitative estimate of drug-likeness (QED) is 0.00865. The van der Waals surface area contributed by atoms with Crippen LogP contribution in [0.2, 0.25) is 0 Å². The molecule has 9 atom stereocenters. The molecular formula is C63H82N17O11+. The molecule has 0 spiro atoms. The van der Waals surface area contributed by atoms with Crippen molar-refractivity contribution in [2.75, 3.05) is 5.32 Å². The van der Waals surface area contributed by atoms with Gasteiger partial charge in [0.1, 0.15) is 42.0 Å². The van der Waals surface area contributed by atoms with Crippen LogP contribution in [-0.4, -0.2) is 138 Å². The van der Waals surface area contributed by atoms with E-state index < -0.39 is 126 Å². The smallest absolute Gasteiger partial charge is 0.288 e. The van der Waals surface area contributed by atoms with Gasteiger partial charge in [0.25, 0.3) is 12.1 Å². The molecule has 2 aromatic heterocycles. The lowest BCUT2D eigenvalue weighted by Crippen LogP contribution is -2.60. The predicted octanol–water partition coefficient (Wildman–Crippen LogP) is 0.898. The van der Waals surface area contributed by atoms with Crippen molar-refractivity contribution in [2.24, 2.45) is 34.1 Å². The lowest BCUT2D eigenvalue weighted by Gasteiger charge is -2.27. The highest BCUT2D eigenvalue weighted by Gasteiger charge is 2.36. The number of hydrogen-bond acceptors (Lipinski definition) is 14. The molecule has 0 fully saturated rings. The van der Waals surface area contributed by atoms with Crippen LogP contribution < -0.4 is 65.6 Å². The van der Waals surface area contributed by atoms with Gasteiger partial charge in [-0.2, -0.15) is 5.84 Å². The van der Waals surface area contributed by atoms with E-state index in [9.17, 15) is 53.1 Å². The Morgan fingerprint density at radius 1 is 0.615 bits per heavy atom. The summed E-state index contributed by atoms with van der Waals surface area (Å²) in [5, 5.41) is 36.3. The lowest BCUT2D eigenvalue weighted by atomic mass is 10.0. The van der Waals surface area contributed by atoms with Crippen LogP contribution in [-0.2, 0) is 73.6 Å². The second-order valence-corrected chi connectivity index (χ2v) is 22.4. The molecule has 0 radical (unpaired) electrons. The number of phenols is 1. The summed E-state index contributed by atoms with van der Waals surface area (Å²) in [6.07, 6.45) is 3.43. The molecule has 0 unspecified atom stereocenters. The summed E-state index contributed by atoms with van der Waals surface area (Å²) < 4.78 is 0. The Kier molecular flexibility index (Phi) is 26.2. The van der Waals surface area contributed by atoms with Gasteiger partial charge in [-0.3, -0.25) is 53.3 Å². The van der Waals surface area contributed by atoms with Crippen molar-refractivity contribution in [1.82, 2.24) is 52.2 Å². The van der Waals surface area contributed by atoms with E-state index in [1.165, 1.54) is 31.6 Å². The zero-order valence-electron chi connectivity index (χ0n) is 51.1. The third-order valence-electron chi connectivity index (χ3n) is 14.8. The third-order valence-corrected chi connectivity index (χ3v) is 14.8. The number of nitrogens with zero attached hydrogens (tertiary/aromatic N) is 3. The van der Waals surface area contributed by atoms with Gasteiger partial charge < -0.3 is 69.5 Å². The molecule has 0 saturated heterocycles. The molecular weight excluding hydrogens is 1170 g/mol. The molecule has 2 heterocycles.